The summed E-state index contributed by atoms with van der Waals surface area (Å²) < 4.78 is 0. The number of fused-ring (bicyclic) bond motifs is 2. The average molecular weight is 272 g/mol. The molecule has 2 aromatic rings. The summed E-state index contributed by atoms with van der Waals surface area (Å²) in [6, 6.07) is 9.17. The Morgan fingerprint density at radius 1 is 0.611 bits per heavy atom. The molecular weight excluding hydrogens is 256 g/mol. The monoisotopic (exact) mass is 272 g/mol. The van der Waals surface area contributed by atoms with Crippen LogP contribution in [0.25, 0.3) is 0 Å². The Bertz CT molecular complexity index is 585. The van der Waals surface area contributed by atoms with Crippen molar-refractivity contribution in [1.29, 1.82) is 0 Å². The molecule has 0 radical (unpaired) electrons. The number of rotatable bonds is 0. The lowest BCUT2D eigenvalue weighted by molar-refractivity contribution is 1.07. The van der Waals surface area contributed by atoms with Crippen molar-refractivity contribution in [3.05, 3.63) is 46.5 Å². The number of hydrogen-bond acceptors (Lipinski definition) is 2. The largest absolute Gasteiger partial charge is 0.0874 e. The van der Waals surface area contributed by atoms with Gasteiger partial charge in [0.05, 0.1) is 0 Å². The fourth-order valence-electron chi connectivity index (χ4n) is 2.46. The topological polar surface area (TPSA) is 0 Å². The van der Waals surface area contributed by atoms with Gasteiger partial charge in [0.15, 0.2) is 0 Å². The molecule has 0 fully saturated rings. The van der Waals surface area contributed by atoms with Crippen LogP contribution in [0.3, 0.4) is 0 Å². The second kappa shape index (κ2) is 4.36. The molecule has 18 heavy (non-hydrogen) atoms. The zero-order valence-corrected chi connectivity index (χ0v) is 12.8. The van der Waals surface area contributed by atoms with E-state index in [1.165, 1.54) is 41.8 Å². The average Bonchev–Trinajstić information content (AvgIpc) is 2.27. The van der Waals surface area contributed by atoms with Crippen LogP contribution in [0.2, 0.25) is 0 Å². The van der Waals surface area contributed by atoms with Crippen molar-refractivity contribution in [3.8, 4) is 0 Å². The van der Waals surface area contributed by atoms with Gasteiger partial charge in [0.25, 0.3) is 0 Å². The van der Waals surface area contributed by atoms with Crippen molar-refractivity contribution >= 4 is 23.5 Å². The van der Waals surface area contributed by atoms with Crippen molar-refractivity contribution in [2.75, 3.05) is 0 Å². The Labute approximate surface area is 117 Å². The van der Waals surface area contributed by atoms with Crippen molar-refractivity contribution < 1.29 is 0 Å². The predicted octanol–water partition coefficient (Wildman–Crippen LogP) is 5.54. The fraction of sp³-hybridized carbons (Fsp3) is 0.250. The highest BCUT2D eigenvalue weighted by molar-refractivity contribution is 8.05. The SMILES string of the molecule is Cc1cc(C)c2c(c1)Sc1c(C)cc(C)cc1S2. The van der Waals surface area contributed by atoms with Crippen LogP contribution in [-0.4, -0.2) is 0 Å². The number of aryl methyl sites for hydroxylation is 4. The molecule has 0 saturated heterocycles. The summed E-state index contributed by atoms with van der Waals surface area (Å²) in [5.41, 5.74) is 5.50. The molecule has 1 heterocycles. The normalized spacial score (nSPS) is 13.1. The quantitative estimate of drug-likeness (QED) is 0.527. The molecule has 0 aliphatic carbocycles. The van der Waals surface area contributed by atoms with Gasteiger partial charge in [-0.25, -0.2) is 0 Å². The molecule has 0 spiro atoms. The van der Waals surface area contributed by atoms with E-state index < -0.39 is 0 Å². The summed E-state index contributed by atoms with van der Waals surface area (Å²) in [5.74, 6) is 0. The molecule has 3 rings (SSSR count). The fourth-order valence-corrected chi connectivity index (χ4v) is 5.16. The highest BCUT2D eigenvalue weighted by Gasteiger charge is 2.20. The molecule has 0 unspecified atom stereocenters. The first-order valence-electron chi connectivity index (χ1n) is 6.13. The molecule has 2 heteroatoms. The molecule has 0 atom stereocenters. The lowest BCUT2D eigenvalue weighted by Crippen LogP contribution is -1.96. The zero-order valence-electron chi connectivity index (χ0n) is 11.1. The second-order valence-electron chi connectivity index (χ2n) is 5.02. The Morgan fingerprint density at radius 3 is 1.39 bits per heavy atom. The van der Waals surface area contributed by atoms with Gasteiger partial charge >= 0.3 is 0 Å². The van der Waals surface area contributed by atoms with Crippen LogP contribution in [-0.2, 0) is 0 Å². The molecule has 0 aromatic heterocycles. The summed E-state index contributed by atoms with van der Waals surface area (Å²) in [7, 11) is 0. The molecule has 2 aromatic carbocycles. The Hall–Kier alpha value is -0.860. The zero-order chi connectivity index (χ0) is 12.9. The molecule has 0 saturated carbocycles. The van der Waals surface area contributed by atoms with Gasteiger partial charge in [-0.15, -0.1) is 0 Å². The maximum Gasteiger partial charge on any atom is 0.0291 e. The van der Waals surface area contributed by atoms with Crippen LogP contribution >= 0.6 is 23.5 Å². The Morgan fingerprint density at radius 2 is 1.00 bits per heavy atom. The molecule has 92 valence electrons. The summed E-state index contributed by atoms with van der Waals surface area (Å²) in [4.78, 5) is 5.69. The minimum Gasteiger partial charge on any atom is -0.0874 e. The Balaban J connectivity index is 2.18. The van der Waals surface area contributed by atoms with Gasteiger partial charge in [0, 0.05) is 19.6 Å². The molecule has 0 bridgehead atoms. The van der Waals surface area contributed by atoms with Crippen molar-refractivity contribution in [2.45, 2.75) is 47.3 Å². The molecule has 1 aliphatic heterocycles. The van der Waals surface area contributed by atoms with E-state index in [1.54, 1.807) is 0 Å². The molecule has 1 aliphatic rings. The summed E-state index contributed by atoms with van der Waals surface area (Å²) in [6.45, 7) is 8.78. The van der Waals surface area contributed by atoms with Gasteiger partial charge in [0.2, 0.25) is 0 Å². The highest BCUT2D eigenvalue weighted by atomic mass is 32.2. The van der Waals surface area contributed by atoms with Crippen LogP contribution in [0.4, 0.5) is 0 Å². The first-order valence-corrected chi connectivity index (χ1v) is 7.76. The highest BCUT2D eigenvalue weighted by Crippen LogP contribution is 2.51. The lowest BCUT2D eigenvalue weighted by atomic mass is 10.1. The van der Waals surface area contributed by atoms with Gasteiger partial charge in [0.1, 0.15) is 0 Å². The third kappa shape index (κ3) is 1.98. The molecule has 0 N–H and O–H groups in total. The molecule has 0 nitrogen and oxygen atoms in total. The van der Waals surface area contributed by atoms with Crippen molar-refractivity contribution in [1.82, 2.24) is 0 Å². The minimum absolute atomic E-state index is 1.35. The van der Waals surface area contributed by atoms with E-state index in [0.717, 1.165) is 0 Å². The summed E-state index contributed by atoms with van der Waals surface area (Å²) >= 11 is 3.85. The van der Waals surface area contributed by atoms with Crippen LogP contribution in [0.1, 0.15) is 22.3 Å². The van der Waals surface area contributed by atoms with E-state index in [1.807, 2.05) is 23.5 Å². The maximum absolute atomic E-state index is 2.31. The maximum atomic E-state index is 2.31. The number of benzene rings is 2. The second-order valence-corrected chi connectivity index (χ2v) is 7.13. The van der Waals surface area contributed by atoms with Crippen LogP contribution in [0.5, 0.6) is 0 Å². The Kier molecular flexibility index (Phi) is 2.95. The van der Waals surface area contributed by atoms with Gasteiger partial charge in [-0.3, -0.25) is 0 Å². The first-order chi connectivity index (χ1) is 8.54. The third-order valence-electron chi connectivity index (χ3n) is 3.19. The van der Waals surface area contributed by atoms with E-state index in [-0.39, 0.29) is 0 Å². The third-order valence-corrected chi connectivity index (χ3v) is 6.03. The van der Waals surface area contributed by atoms with E-state index >= 15 is 0 Å². The van der Waals surface area contributed by atoms with Gasteiger partial charge in [-0.1, -0.05) is 35.7 Å². The first kappa shape index (κ1) is 12.2. The van der Waals surface area contributed by atoms with Crippen molar-refractivity contribution in [3.63, 3.8) is 0 Å². The van der Waals surface area contributed by atoms with E-state index in [9.17, 15) is 0 Å². The van der Waals surface area contributed by atoms with Crippen LogP contribution < -0.4 is 0 Å². The van der Waals surface area contributed by atoms with E-state index in [4.69, 9.17) is 0 Å². The van der Waals surface area contributed by atoms with Gasteiger partial charge in [-0.05, 0) is 62.1 Å². The molecule has 0 amide bonds. The van der Waals surface area contributed by atoms with Gasteiger partial charge in [-0.2, -0.15) is 0 Å². The molecular formula is C16H16S2. The smallest absolute Gasteiger partial charge is 0.0291 e. The van der Waals surface area contributed by atoms with Gasteiger partial charge < -0.3 is 0 Å². The van der Waals surface area contributed by atoms with Crippen LogP contribution in [0, 0.1) is 27.7 Å². The predicted molar refractivity (Wildman–Crippen MR) is 80.1 cm³/mol. The minimum atomic E-state index is 1.35. The lowest BCUT2D eigenvalue weighted by Gasteiger charge is -2.22. The summed E-state index contributed by atoms with van der Waals surface area (Å²) in [5, 5.41) is 0. The van der Waals surface area contributed by atoms with Crippen LogP contribution in [0.15, 0.2) is 43.8 Å². The standard InChI is InChI=1S/C16H16S2/c1-9-5-11(3)15-13(7-9)17-16-12(4)6-10(2)8-14(16)18-15/h5-8H,1-4H3. The van der Waals surface area contributed by atoms with E-state index in [2.05, 4.69) is 52.0 Å². The van der Waals surface area contributed by atoms with Crippen molar-refractivity contribution in [2.24, 2.45) is 0 Å². The summed E-state index contributed by atoms with van der Waals surface area (Å²) in [6.07, 6.45) is 0. The van der Waals surface area contributed by atoms with E-state index in [0.29, 0.717) is 0 Å². The number of hydrogen-bond donors (Lipinski definition) is 0.